The quantitative estimate of drug-likeness (QED) is 0.920. The van der Waals surface area contributed by atoms with E-state index in [0.717, 1.165) is 35.3 Å². The SMILES string of the molecule is Cc1ccc(NC(=O)C(C)(C)C2CCC2)cc1-c1cccnn1. The molecule has 1 aliphatic carbocycles. The van der Waals surface area contributed by atoms with Crippen LogP contribution in [0.15, 0.2) is 36.5 Å². The van der Waals surface area contributed by atoms with Gasteiger partial charge in [-0.3, -0.25) is 4.79 Å². The third-order valence-corrected chi connectivity index (χ3v) is 5.05. The van der Waals surface area contributed by atoms with Crippen molar-refractivity contribution < 1.29 is 4.79 Å². The van der Waals surface area contributed by atoms with E-state index in [-0.39, 0.29) is 11.3 Å². The van der Waals surface area contributed by atoms with E-state index >= 15 is 0 Å². The van der Waals surface area contributed by atoms with Crippen LogP contribution in [0.25, 0.3) is 11.3 Å². The van der Waals surface area contributed by atoms with Gasteiger partial charge in [-0.25, -0.2) is 0 Å². The molecule has 120 valence electrons. The maximum Gasteiger partial charge on any atom is 0.230 e. The summed E-state index contributed by atoms with van der Waals surface area (Å²) in [5.41, 5.74) is 3.42. The molecule has 0 aliphatic heterocycles. The average Bonchev–Trinajstić information content (AvgIpc) is 2.48. The van der Waals surface area contributed by atoms with E-state index in [9.17, 15) is 4.79 Å². The molecular formula is C19H23N3O. The van der Waals surface area contributed by atoms with Gasteiger partial charge in [0.05, 0.1) is 5.69 Å². The summed E-state index contributed by atoms with van der Waals surface area (Å²) in [7, 11) is 0. The molecule has 2 aromatic rings. The number of carbonyl (C=O) groups excluding carboxylic acids is 1. The number of hydrogen-bond donors (Lipinski definition) is 1. The molecular weight excluding hydrogens is 286 g/mol. The fourth-order valence-electron chi connectivity index (χ4n) is 3.03. The van der Waals surface area contributed by atoms with Gasteiger partial charge in [-0.05, 0) is 55.5 Å². The number of rotatable bonds is 4. The molecule has 1 aromatic carbocycles. The third-order valence-electron chi connectivity index (χ3n) is 5.05. The Morgan fingerprint density at radius 2 is 2.04 bits per heavy atom. The number of carbonyl (C=O) groups is 1. The molecule has 1 heterocycles. The summed E-state index contributed by atoms with van der Waals surface area (Å²) in [5.74, 6) is 0.587. The van der Waals surface area contributed by atoms with Crippen LogP contribution in [0.5, 0.6) is 0 Å². The van der Waals surface area contributed by atoms with Gasteiger partial charge < -0.3 is 5.32 Å². The molecule has 4 heteroatoms. The Morgan fingerprint density at radius 1 is 1.26 bits per heavy atom. The van der Waals surface area contributed by atoms with Gasteiger partial charge in [0.1, 0.15) is 0 Å². The van der Waals surface area contributed by atoms with Crippen molar-refractivity contribution in [2.45, 2.75) is 40.0 Å². The lowest BCUT2D eigenvalue weighted by Crippen LogP contribution is -2.40. The minimum Gasteiger partial charge on any atom is -0.326 e. The van der Waals surface area contributed by atoms with Crippen molar-refractivity contribution >= 4 is 11.6 Å². The first-order chi connectivity index (χ1) is 11.0. The van der Waals surface area contributed by atoms with Crippen molar-refractivity contribution in [2.24, 2.45) is 11.3 Å². The highest BCUT2D eigenvalue weighted by Gasteiger charge is 2.39. The van der Waals surface area contributed by atoms with E-state index in [2.05, 4.69) is 15.5 Å². The summed E-state index contributed by atoms with van der Waals surface area (Å²) in [4.78, 5) is 12.7. The normalized spacial score (nSPS) is 15.1. The van der Waals surface area contributed by atoms with E-state index in [1.807, 2.05) is 51.1 Å². The summed E-state index contributed by atoms with van der Waals surface area (Å²) < 4.78 is 0. The second-order valence-corrected chi connectivity index (χ2v) is 6.94. The predicted molar refractivity (Wildman–Crippen MR) is 92.0 cm³/mol. The number of aromatic nitrogens is 2. The number of nitrogens with zero attached hydrogens (tertiary/aromatic N) is 2. The van der Waals surface area contributed by atoms with E-state index in [1.54, 1.807) is 6.20 Å². The van der Waals surface area contributed by atoms with Crippen molar-refractivity contribution in [1.82, 2.24) is 10.2 Å². The predicted octanol–water partition coefficient (Wildman–Crippen LogP) is 4.22. The Kier molecular flexibility index (Phi) is 4.16. The zero-order valence-electron chi connectivity index (χ0n) is 14.0. The molecule has 4 nitrogen and oxygen atoms in total. The van der Waals surface area contributed by atoms with Crippen LogP contribution >= 0.6 is 0 Å². The van der Waals surface area contributed by atoms with Crippen molar-refractivity contribution in [1.29, 1.82) is 0 Å². The van der Waals surface area contributed by atoms with Gasteiger partial charge in [0.2, 0.25) is 5.91 Å². The van der Waals surface area contributed by atoms with E-state index in [1.165, 1.54) is 6.42 Å². The molecule has 1 aliphatic rings. The molecule has 0 unspecified atom stereocenters. The first kappa shape index (κ1) is 15.7. The largest absolute Gasteiger partial charge is 0.326 e. The smallest absolute Gasteiger partial charge is 0.230 e. The lowest BCUT2D eigenvalue weighted by atomic mass is 9.67. The van der Waals surface area contributed by atoms with Gasteiger partial charge >= 0.3 is 0 Å². The van der Waals surface area contributed by atoms with E-state index in [0.29, 0.717) is 5.92 Å². The number of aryl methyl sites for hydroxylation is 1. The summed E-state index contributed by atoms with van der Waals surface area (Å²) in [6.45, 7) is 6.13. The van der Waals surface area contributed by atoms with E-state index in [4.69, 9.17) is 0 Å². The highest BCUT2D eigenvalue weighted by atomic mass is 16.2. The van der Waals surface area contributed by atoms with Gasteiger partial charge in [0.15, 0.2) is 0 Å². The Bertz CT molecular complexity index is 706. The number of anilines is 1. The zero-order valence-corrected chi connectivity index (χ0v) is 14.0. The summed E-state index contributed by atoms with van der Waals surface area (Å²) in [5, 5.41) is 11.2. The lowest BCUT2D eigenvalue weighted by molar-refractivity contribution is -0.128. The Hall–Kier alpha value is -2.23. The van der Waals surface area contributed by atoms with E-state index < -0.39 is 0 Å². The molecule has 0 atom stereocenters. The van der Waals surface area contributed by atoms with Gasteiger partial charge in [-0.1, -0.05) is 26.3 Å². The summed E-state index contributed by atoms with van der Waals surface area (Å²) in [6.07, 6.45) is 5.20. The zero-order chi connectivity index (χ0) is 16.4. The Labute approximate surface area is 137 Å². The first-order valence-electron chi connectivity index (χ1n) is 8.18. The lowest BCUT2D eigenvalue weighted by Gasteiger charge is -2.39. The highest BCUT2D eigenvalue weighted by molar-refractivity contribution is 5.95. The molecule has 0 radical (unpaired) electrons. The van der Waals surface area contributed by atoms with Crippen LogP contribution in [0.3, 0.4) is 0 Å². The summed E-state index contributed by atoms with van der Waals surface area (Å²) >= 11 is 0. The maximum atomic E-state index is 12.7. The number of hydrogen-bond acceptors (Lipinski definition) is 3. The fraction of sp³-hybridized carbons (Fsp3) is 0.421. The van der Waals surface area contributed by atoms with Crippen LogP contribution in [0.2, 0.25) is 0 Å². The molecule has 1 amide bonds. The number of nitrogens with one attached hydrogen (secondary N) is 1. The molecule has 0 spiro atoms. The number of amides is 1. The van der Waals surface area contributed by atoms with Gasteiger partial charge in [0, 0.05) is 22.9 Å². The van der Waals surface area contributed by atoms with Crippen LogP contribution in [-0.4, -0.2) is 16.1 Å². The Morgan fingerprint density at radius 3 is 2.65 bits per heavy atom. The van der Waals surface area contributed by atoms with Crippen molar-refractivity contribution in [3.8, 4) is 11.3 Å². The molecule has 1 N–H and O–H groups in total. The second-order valence-electron chi connectivity index (χ2n) is 6.94. The molecule has 0 bridgehead atoms. The molecule has 0 saturated heterocycles. The average molecular weight is 309 g/mol. The monoisotopic (exact) mass is 309 g/mol. The third kappa shape index (κ3) is 3.11. The maximum absolute atomic E-state index is 12.7. The highest BCUT2D eigenvalue weighted by Crippen LogP contribution is 2.42. The van der Waals surface area contributed by atoms with Crippen LogP contribution in [0, 0.1) is 18.3 Å². The molecule has 1 aromatic heterocycles. The minimum absolute atomic E-state index is 0.0937. The molecule has 1 fully saturated rings. The molecule has 3 rings (SSSR count). The van der Waals surface area contributed by atoms with Gasteiger partial charge in [0.25, 0.3) is 0 Å². The standard InChI is InChI=1S/C19H23N3O/c1-13-9-10-15(12-16(13)17-8-5-11-20-22-17)21-18(23)19(2,3)14-6-4-7-14/h5,8-12,14H,4,6-7H2,1-3H3,(H,21,23). The van der Waals surface area contributed by atoms with Gasteiger partial charge in [-0.2, -0.15) is 10.2 Å². The summed E-state index contributed by atoms with van der Waals surface area (Å²) in [6, 6.07) is 9.74. The minimum atomic E-state index is -0.324. The second kappa shape index (κ2) is 6.11. The topological polar surface area (TPSA) is 54.9 Å². The van der Waals surface area contributed by atoms with Crippen molar-refractivity contribution in [3.63, 3.8) is 0 Å². The Balaban J connectivity index is 1.82. The van der Waals surface area contributed by atoms with Crippen molar-refractivity contribution in [3.05, 3.63) is 42.1 Å². The molecule has 23 heavy (non-hydrogen) atoms. The van der Waals surface area contributed by atoms with Crippen LogP contribution in [0.4, 0.5) is 5.69 Å². The molecule has 1 saturated carbocycles. The van der Waals surface area contributed by atoms with Crippen molar-refractivity contribution in [2.75, 3.05) is 5.32 Å². The number of benzene rings is 1. The van der Waals surface area contributed by atoms with Gasteiger partial charge in [-0.15, -0.1) is 0 Å². The van der Waals surface area contributed by atoms with Crippen LogP contribution < -0.4 is 5.32 Å². The first-order valence-corrected chi connectivity index (χ1v) is 8.18. The van der Waals surface area contributed by atoms with Crippen LogP contribution in [-0.2, 0) is 4.79 Å². The fourth-order valence-corrected chi connectivity index (χ4v) is 3.03. The van der Waals surface area contributed by atoms with Crippen LogP contribution in [0.1, 0.15) is 38.7 Å².